The first-order chi connectivity index (χ1) is 5.78. The maximum atomic E-state index is 11.8. The molecule has 3 nitrogen and oxygen atoms in total. The van der Waals surface area contributed by atoms with Gasteiger partial charge in [0.1, 0.15) is 0 Å². The van der Waals surface area contributed by atoms with Gasteiger partial charge in [0, 0.05) is 0 Å². The zero-order valence-electron chi connectivity index (χ0n) is 7.06. The lowest BCUT2D eigenvalue weighted by molar-refractivity contribution is -0.203. The van der Waals surface area contributed by atoms with Crippen LogP contribution in [0.2, 0.25) is 0 Å². The fraction of sp³-hybridized carbons (Fsp3) is 0.857. The van der Waals surface area contributed by atoms with Crippen molar-refractivity contribution >= 4 is 5.91 Å². The summed E-state index contributed by atoms with van der Waals surface area (Å²) in [5, 5.41) is 9.34. The van der Waals surface area contributed by atoms with E-state index < -0.39 is 17.7 Å². The zero-order valence-corrected chi connectivity index (χ0v) is 7.06. The zero-order chi connectivity index (χ0) is 10.3. The normalized spacial score (nSPS) is 21.2. The minimum atomic E-state index is -4.82. The van der Waals surface area contributed by atoms with E-state index in [4.69, 9.17) is 0 Å². The van der Waals surface area contributed by atoms with Crippen LogP contribution >= 0.6 is 0 Å². The largest absolute Gasteiger partial charge is 0.471 e. The number of carbonyl (C=O) groups is 1. The first-order valence-electron chi connectivity index (χ1n) is 3.87. The summed E-state index contributed by atoms with van der Waals surface area (Å²) in [4.78, 5) is 11.1. The number of carbonyl (C=O) groups excluding carboxylic acids is 1. The van der Waals surface area contributed by atoms with Gasteiger partial charge in [0.15, 0.2) is 0 Å². The minimum absolute atomic E-state index is 0.220. The van der Waals surface area contributed by atoms with Crippen LogP contribution in [0.4, 0.5) is 13.2 Å². The number of alkyl halides is 3. The van der Waals surface area contributed by atoms with Crippen molar-refractivity contribution in [3.63, 3.8) is 0 Å². The number of β-amino-alcohol motifs (C(OH)–C–C–N with tert-alkyl or cyclic N) is 1. The van der Waals surface area contributed by atoms with Gasteiger partial charge in [-0.1, -0.05) is 6.92 Å². The molecule has 1 amide bonds. The summed E-state index contributed by atoms with van der Waals surface area (Å²) in [6, 6.07) is 0. The van der Waals surface area contributed by atoms with Gasteiger partial charge >= 0.3 is 12.1 Å². The molecule has 0 unspecified atom stereocenters. The first-order valence-corrected chi connectivity index (χ1v) is 3.87. The van der Waals surface area contributed by atoms with E-state index in [2.05, 4.69) is 0 Å². The number of halogens is 3. The lowest BCUT2D eigenvalue weighted by atomic mass is 9.91. The topological polar surface area (TPSA) is 40.5 Å². The molecular formula is C7H10F3NO2. The quantitative estimate of drug-likeness (QED) is 0.666. The Morgan fingerprint density at radius 2 is 2.00 bits per heavy atom. The molecule has 0 atom stereocenters. The standard InChI is InChI=1S/C7H10F3NO2/c1-2-6(13)3-11(4-6)5(12)7(8,9)10/h13H,2-4H2,1H3. The maximum Gasteiger partial charge on any atom is 0.471 e. The van der Waals surface area contributed by atoms with E-state index in [0.717, 1.165) is 0 Å². The summed E-state index contributed by atoms with van der Waals surface area (Å²) in [5.41, 5.74) is -1.11. The predicted molar refractivity (Wildman–Crippen MR) is 37.9 cm³/mol. The molecular weight excluding hydrogens is 187 g/mol. The van der Waals surface area contributed by atoms with E-state index >= 15 is 0 Å². The highest BCUT2D eigenvalue weighted by atomic mass is 19.4. The van der Waals surface area contributed by atoms with Crippen molar-refractivity contribution in [2.75, 3.05) is 13.1 Å². The average Bonchev–Trinajstić information content (AvgIpc) is 1.95. The SMILES string of the molecule is CCC1(O)CN(C(=O)C(F)(F)F)C1. The molecule has 1 aliphatic heterocycles. The van der Waals surface area contributed by atoms with Crippen LogP contribution in [0.3, 0.4) is 0 Å². The monoisotopic (exact) mass is 197 g/mol. The Kier molecular flexibility index (Phi) is 2.27. The number of rotatable bonds is 1. The van der Waals surface area contributed by atoms with Crippen molar-refractivity contribution in [3.8, 4) is 0 Å². The number of hydrogen-bond donors (Lipinski definition) is 1. The molecule has 1 N–H and O–H groups in total. The summed E-state index contributed by atoms with van der Waals surface area (Å²) in [5.74, 6) is -1.87. The molecule has 0 spiro atoms. The van der Waals surface area contributed by atoms with E-state index in [-0.39, 0.29) is 13.1 Å². The molecule has 13 heavy (non-hydrogen) atoms. The third-order valence-corrected chi connectivity index (χ3v) is 2.16. The lowest BCUT2D eigenvalue weighted by Gasteiger charge is -2.46. The second-order valence-electron chi connectivity index (χ2n) is 3.24. The third kappa shape index (κ3) is 1.93. The Hall–Kier alpha value is -0.780. The van der Waals surface area contributed by atoms with Crippen LogP contribution in [0.15, 0.2) is 0 Å². The summed E-state index contributed by atoms with van der Waals surface area (Å²) in [7, 11) is 0. The second-order valence-corrected chi connectivity index (χ2v) is 3.24. The Labute approximate surface area is 73.1 Å². The highest BCUT2D eigenvalue weighted by molar-refractivity contribution is 5.82. The third-order valence-electron chi connectivity index (χ3n) is 2.16. The molecule has 76 valence electrons. The average molecular weight is 197 g/mol. The van der Waals surface area contributed by atoms with Gasteiger partial charge in [-0.25, -0.2) is 0 Å². The summed E-state index contributed by atoms with van der Waals surface area (Å²) < 4.78 is 35.4. The van der Waals surface area contributed by atoms with Gasteiger partial charge in [0.05, 0.1) is 18.7 Å². The molecule has 1 heterocycles. The highest BCUT2D eigenvalue weighted by Crippen LogP contribution is 2.28. The summed E-state index contributed by atoms with van der Waals surface area (Å²) in [6.45, 7) is 1.22. The molecule has 1 aliphatic rings. The van der Waals surface area contributed by atoms with Crippen molar-refractivity contribution in [1.82, 2.24) is 4.90 Å². The molecule has 1 fully saturated rings. The Balaban J connectivity index is 2.49. The van der Waals surface area contributed by atoms with E-state index in [1.54, 1.807) is 6.92 Å². The summed E-state index contributed by atoms with van der Waals surface area (Å²) in [6.07, 6.45) is -4.47. The predicted octanol–water partition coefficient (Wildman–Crippen LogP) is 0.532. The van der Waals surface area contributed by atoms with Gasteiger partial charge in [-0.3, -0.25) is 4.79 Å². The van der Waals surface area contributed by atoms with E-state index in [0.29, 0.717) is 11.3 Å². The van der Waals surface area contributed by atoms with Crippen molar-refractivity contribution in [3.05, 3.63) is 0 Å². The lowest BCUT2D eigenvalue weighted by Crippen LogP contribution is -2.65. The van der Waals surface area contributed by atoms with E-state index in [1.807, 2.05) is 0 Å². The second kappa shape index (κ2) is 2.87. The van der Waals surface area contributed by atoms with Gasteiger partial charge in [0.2, 0.25) is 0 Å². The molecule has 0 aromatic carbocycles. The Morgan fingerprint density at radius 3 is 2.31 bits per heavy atom. The van der Waals surface area contributed by atoms with Gasteiger partial charge in [-0.15, -0.1) is 0 Å². The molecule has 0 radical (unpaired) electrons. The number of likely N-dealkylation sites (tertiary alicyclic amines) is 1. The number of nitrogens with zero attached hydrogens (tertiary/aromatic N) is 1. The molecule has 1 saturated heterocycles. The van der Waals surface area contributed by atoms with Crippen LogP contribution in [0.5, 0.6) is 0 Å². The van der Waals surface area contributed by atoms with Gasteiger partial charge in [0.25, 0.3) is 0 Å². The smallest absolute Gasteiger partial charge is 0.386 e. The van der Waals surface area contributed by atoms with Crippen molar-refractivity contribution < 1.29 is 23.1 Å². The molecule has 0 aromatic rings. The number of hydrogen-bond acceptors (Lipinski definition) is 2. The fourth-order valence-electron chi connectivity index (χ4n) is 1.21. The highest BCUT2D eigenvalue weighted by Gasteiger charge is 2.51. The van der Waals surface area contributed by atoms with Crippen LogP contribution in [-0.4, -0.2) is 40.8 Å². The van der Waals surface area contributed by atoms with Crippen molar-refractivity contribution in [2.24, 2.45) is 0 Å². The van der Waals surface area contributed by atoms with Gasteiger partial charge in [-0.05, 0) is 6.42 Å². The Morgan fingerprint density at radius 1 is 1.54 bits per heavy atom. The molecule has 0 aromatic heterocycles. The van der Waals surface area contributed by atoms with E-state index in [9.17, 15) is 23.1 Å². The van der Waals surface area contributed by atoms with Crippen LogP contribution in [0, 0.1) is 0 Å². The number of aliphatic hydroxyl groups is 1. The molecule has 0 bridgehead atoms. The van der Waals surface area contributed by atoms with Gasteiger partial charge < -0.3 is 10.0 Å². The molecule has 0 aliphatic carbocycles. The number of amides is 1. The minimum Gasteiger partial charge on any atom is -0.386 e. The van der Waals surface area contributed by atoms with Crippen LogP contribution in [-0.2, 0) is 4.79 Å². The van der Waals surface area contributed by atoms with Crippen LogP contribution < -0.4 is 0 Å². The Bertz CT molecular complexity index is 220. The van der Waals surface area contributed by atoms with E-state index in [1.165, 1.54) is 0 Å². The summed E-state index contributed by atoms with van der Waals surface area (Å²) >= 11 is 0. The molecule has 1 rings (SSSR count). The van der Waals surface area contributed by atoms with Crippen LogP contribution in [0.1, 0.15) is 13.3 Å². The van der Waals surface area contributed by atoms with Crippen molar-refractivity contribution in [1.29, 1.82) is 0 Å². The molecule has 0 saturated carbocycles. The van der Waals surface area contributed by atoms with Crippen molar-refractivity contribution in [2.45, 2.75) is 25.1 Å². The maximum absolute atomic E-state index is 11.8. The molecule has 6 heteroatoms. The fourth-order valence-corrected chi connectivity index (χ4v) is 1.21. The van der Waals surface area contributed by atoms with Gasteiger partial charge in [-0.2, -0.15) is 13.2 Å². The first kappa shape index (κ1) is 10.3. The van der Waals surface area contributed by atoms with Crippen LogP contribution in [0.25, 0.3) is 0 Å².